The summed E-state index contributed by atoms with van der Waals surface area (Å²) in [6, 6.07) is 16.1. The predicted octanol–water partition coefficient (Wildman–Crippen LogP) is 2.81. The van der Waals surface area contributed by atoms with Gasteiger partial charge in [-0.15, -0.1) is 0 Å². The van der Waals surface area contributed by atoms with Crippen LogP contribution in [0.2, 0.25) is 0 Å². The molecule has 0 aromatic heterocycles. The van der Waals surface area contributed by atoms with Gasteiger partial charge in [0.1, 0.15) is 5.75 Å². The fourth-order valence-electron chi connectivity index (χ4n) is 2.77. The van der Waals surface area contributed by atoms with Crippen LogP contribution in [0.1, 0.15) is 5.56 Å². The summed E-state index contributed by atoms with van der Waals surface area (Å²) in [5, 5.41) is 9.39. The van der Waals surface area contributed by atoms with Gasteiger partial charge in [0.05, 0.1) is 0 Å². The van der Waals surface area contributed by atoms with Gasteiger partial charge in [0.2, 0.25) is 0 Å². The maximum absolute atomic E-state index is 9.39. The molecule has 3 rings (SSSR count). The maximum Gasteiger partial charge on any atom is 0.115 e. The zero-order valence-corrected chi connectivity index (χ0v) is 12.5. The molecule has 0 bridgehead atoms. The minimum Gasteiger partial charge on any atom is -0.508 e. The van der Waals surface area contributed by atoms with Crippen LogP contribution in [0.5, 0.6) is 5.75 Å². The molecule has 1 aliphatic heterocycles. The molecule has 110 valence electrons. The first-order chi connectivity index (χ1) is 10.2. The number of piperazine rings is 1. The first kappa shape index (κ1) is 14.1. The van der Waals surface area contributed by atoms with Gasteiger partial charge in [0.25, 0.3) is 0 Å². The molecule has 0 radical (unpaired) electrons. The summed E-state index contributed by atoms with van der Waals surface area (Å²) in [6.45, 7) is 5.59. The van der Waals surface area contributed by atoms with Crippen LogP contribution in [-0.2, 0) is 6.54 Å². The van der Waals surface area contributed by atoms with Gasteiger partial charge in [-0.25, -0.2) is 0 Å². The Morgan fingerprint density at radius 2 is 1.62 bits per heavy atom. The largest absolute Gasteiger partial charge is 0.508 e. The zero-order chi connectivity index (χ0) is 14.7. The second kappa shape index (κ2) is 6.29. The number of benzene rings is 2. The van der Waals surface area contributed by atoms with Gasteiger partial charge in [0, 0.05) is 32.7 Å². The molecule has 1 heterocycles. The van der Waals surface area contributed by atoms with E-state index in [-0.39, 0.29) is 0 Å². The molecule has 3 heteroatoms. The Kier molecular flexibility index (Phi) is 4.23. The number of rotatable bonds is 3. The molecule has 21 heavy (non-hydrogen) atoms. The van der Waals surface area contributed by atoms with E-state index in [1.807, 2.05) is 12.1 Å². The molecule has 1 fully saturated rings. The van der Waals surface area contributed by atoms with E-state index in [1.165, 1.54) is 11.1 Å². The van der Waals surface area contributed by atoms with Crippen LogP contribution in [0.3, 0.4) is 0 Å². The van der Waals surface area contributed by atoms with Crippen molar-refractivity contribution in [2.45, 2.75) is 6.54 Å². The molecule has 3 nitrogen and oxygen atoms in total. The fourth-order valence-corrected chi connectivity index (χ4v) is 2.77. The lowest BCUT2D eigenvalue weighted by Crippen LogP contribution is -2.43. The van der Waals surface area contributed by atoms with Crippen LogP contribution in [0.25, 0.3) is 11.1 Å². The Morgan fingerprint density at radius 3 is 2.33 bits per heavy atom. The standard InChI is InChI=1S/C18H22N2O/c1-19-9-11-20(12-10-19)14-15-3-2-4-17(13-15)16-5-7-18(21)8-6-16/h2-8,13,21H,9-12,14H2,1H3. The van der Waals surface area contributed by atoms with Crippen LogP contribution in [0.4, 0.5) is 0 Å². The number of likely N-dealkylation sites (N-methyl/N-ethyl adjacent to an activating group) is 1. The third-order valence-electron chi connectivity index (χ3n) is 4.13. The molecule has 1 aliphatic rings. The van der Waals surface area contributed by atoms with Crippen LogP contribution in [0.15, 0.2) is 48.5 Å². The Balaban J connectivity index is 1.72. The SMILES string of the molecule is CN1CCN(Cc2cccc(-c3ccc(O)cc3)c2)CC1. The van der Waals surface area contributed by atoms with Gasteiger partial charge in [-0.2, -0.15) is 0 Å². The zero-order valence-electron chi connectivity index (χ0n) is 12.5. The molecule has 0 amide bonds. The van der Waals surface area contributed by atoms with Crippen molar-refractivity contribution < 1.29 is 5.11 Å². The van der Waals surface area contributed by atoms with Crippen molar-refractivity contribution in [3.05, 3.63) is 54.1 Å². The van der Waals surface area contributed by atoms with E-state index in [1.54, 1.807) is 12.1 Å². The monoisotopic (exact) mass is 282 g/mol. The van der Waals surface area contributed by atoms with Crippen LogP contribution < -0.4 is 0 Å². The third-order valence-corrected chi connectivity index (χ3v) is 4.13. The number of phenols is 1. The Hall–Kier alpha value is -1.84. The molecule has 2 aromatic carbocycles. The summed E-state index contributed by atoms with van der Waals surface area (Å²) in [4.78, 5) is 4.89. The van der Waals surface area contributed by atoms with Crippen molar-refractivity contribution >= 4 is 0 Å². The summed E-state index contributed by atoms with van der Waals surface area (Å²) in [7, 11) is 2.18. The van der Waals surface area contributed by atoms with Crippen molar-refractivity contribution in [1.82, 2.24) is 9.80 Å². The maximum atomic E-state index is 9.39. The van der Waals surface area contributed by atoms with Crippen molar-refractivity contribution in [2.24, 2.45) is 0 Å². The van der Waals surface area contributed by atoms with Crippen molar-refractivity contribution in [2.75, 3.05) is 33.2 Å². The van der Waals surface area contributed by atoms with Crippen molar-refractivity contribution in [3.8, 4) is 16.9 Å². The normalized spacial score (nSPS) is 17.0. The molecule has 0 atom stereocenters. The molecule has 0 saturated carbocycles. The lowest BCUT2D eigenvalue weighted by molar-refractivity contribution is 0.148. The van der Waals surface area contributed by atoms with E-state index in [4.69, 9.17) is 0 Å². The van der Waals surface area contributed by atoms with Gasteiger partial charge in [-0.1, -0.05) is 30.3 Å². The van der Waals surface area contributed by atoms with Gasteiger partial charge in [-0.3, -0.25) is 4.90 Å². The Morgan fingerprint density at radius 1 is 0.905 bits per heavy atom. The van der Waals surface area contributed by atoms with E-state index in [2.05, 4.69) is 41.1 Å². The minimum absolute atomic E-state index is 0.312. The molecule has 1 saturated heterocycles. The molecule has 2 aromatic rings. The number of aromatic hydroxyl groups is 1. The third kappa shape index (κ3) is 3.63. The van der Waals surface area contributed by atoms with E-state index < -0.39 is 0 Å². The van der Waals surface area contributed by atoms with E-state index in [0.29, 0.717) is 5.75 Å². The topological polar surface area (TPSA) is 26.7 Å². The number of hydrogen-bond acceptors (Lipinski definition) is 3. The van der Waals surface area contributed by atoms with Crippen molar-refractivity contribution in [1.29, 1.82) is 0 Å². The summed E-state index contributed by atoms with van der Waals surface area (Å²) >= 11 is 0. The highest BCUT2D eigenvalue weighted by molar-refractivity contribution is 5.64. The van der Waals surface area contributed by atoms with Crippen LogP contribution >= 0.6 is 0 Å². The van der Waals surface area contributed by atoms with Gasteiger partial charge < -0.3 is 10.0 Å². The highest BCUT2D eigenvalue weighted by atomic mass is 16.3. The second-order valence-corrected chi connectivity index (χ2v) is 5.83. The second-order valence-electron chi connectivity index (χ2n) is 5.83. The quantitative estimate of drug-likeness (QED) is 0.938. The fraction of sp³-hybridized carbons (Fsp3) is 0.333. The number of hydrogen-bond donors (Lipinski definition) is 1. The predicted molar refractivity (Wildman–Crippen MR) is 86.3 cm³/mol. The van der Waals surface area contributed by atoms with E-state index >= 15 is 0 Å². The summed E-state index contributed by atoms with van der Waals surface area (Å²) < 4.78 is 0. The van der Waals surface area contributed by atoms with Crippen LogP contribution in [-0.4, -0.2) is 48.1 Å². The number of nitrogens with zero attached hydrogens (tertiary/aromatic N) is 2. The average Bonchev–Trinajstić information content (AvgIpc) is 2.51. The lowest BCUT2D eigenvalue weighted by atomic mass is 10.0. The molecule has 0 unspecified atom stereocenters. The summed E-state index contributed by atoms with van der Waals surface area (Å²) in [6.07, 6.45) is 0. The summed E-state index contributed by atoms with van der Waals surface area (Å²) in [5.41, 5.74) is 3.71. The van der Waals surface area contributed by atoms with Gasteiger partial charge in [-0.05, 0) is 41.9 Å². The Bertz CT molecular complexity index is 586. The Labute approximate surface area is 126 Å². The molecular weight excluding hydrogens is 260 g/mol. The minimum atomic E-state index is 0.312. The smallest absolute Gasteiger partial charge is 0.115 e. The molecule has 0 aliphatic carbocycles. The van der Waals surface area contributed by atoms with E-state index in [9.17, 15) is 5.11 Å². The molecule has 1 N–H and O–H groups in total. The average molecular weight is 282 g/mol. The van der Waals surface area contributed by atoms with Crippen LogP contribution in [0, 0.1) is 0 Å². The highest BCUT2D eigenvalue weighted by Gasteiger charge is 2.13. The molecular formula is C18H22N2O. The molecule has 0 spiro atoms. The van der Waals surface area contributed by atoms with E-state index in [0.717, 1.165) is 38.3 Å². The first-order valence-corrected chi connectivity index (χ1v) is 7.50. The number of phenolic OH excluding ortho intramolecular Hbond substituents is 1. The first-order valence-electron chi connectivity index (χ1n) is 7.50. The van der Waals surface area contributed by atoms with Crippen molar-refractivity contribution in [3.63, 3.8) is 0 Å². The van der Waals surface area contributed by atoms with Gasteiger partial charge >= 0.3 is 0 Å². The van der Waals surface area contributed by atoms with Gasteiger partial charge in [0.15, 0.2) is 0 Å². The highest BCUT2D eigenvalue weighted by Crippen LogP contribution is 2.23. The summed E-state index contributed by atoms with van der Waals surface area (Å²) in [5.74, 6) is 0.312. The lowest BCUT2D eigenvalue weighted by Gasteiger charge is -2.32.